The van der Waals surface area contributed by atoms with Gasteiger partial charge in [0.25, 0.3) is 0 Å². The van der Waals surface area contributed by atoms with Crippen molar-refractivity contribution in [1.82, 2.24) is 10.6 Å². The number of unbranched alkanes of at least 4 members (excludes halogenated alkanes) is 1. The molecule has 28 heavy (non-hydrogen) atoms. The molecule has 1 atom stereocenters. The molecule has 8 heteroatoms. The Balaban J connectivity index is 1.89. The molecule has 0 aliphatic rings. The fraction of sp³-hybridized carbons (Fsp3) is 0.450. The van der Waals surface area contributed by atoms with Crippen LogP contribution in [0.4, 0.5) is 8.78 Å². The first-order valence-corrected chi connectivity index (χ1v) is 9.36. The summed E-state index contributed by atoms with van der Waals surface area (Å²) < 4.78 is 34.0. The molecule has 1 unspecified atom stereocenters. The van der Waals surface area contributed by atoms with Crippen LogP contribution in [0.25, 0.3) is 0 Å². The lowest BCUT2D eigenvalue weighted by molar-refractivity contribution is -0.0498. The molecule has 2 rings (SSSR count). The summed E-state index contributed by atoms with van der Waals surface area (Å²) in [6.07, 6.45) is 3.57. The molecule has 0 fully saturated rings. The summed E-state index contributed by atoms with van der Waals surface area (Å²) in [5.41, 5.74) is 0.578. The summed E-state index contributed by atoms with van der Waals surface area (Å²) >= 11 is 0. The van der Waals surface area contributed by atoms with Gasteiger partial charge < -0.3 is 24.9 Å². The maximum Gasteiger partial charge on any atom is 0.387 e. The molecular weight excluding hydrogens is 368 g/mol. The molecule has 1 heterocycles. The minimum atomic E-state index is -2.87. The highest BCUT2D eigenvalue weighted by molar-refractivity contribution is 5.79. The van der Waals surface area contributed by atoms with E-state index in [1.807, 2.05) is 12.1 Å². The SMILES string of the molecule is CCCCNC(=NCC(O)c1ccc(OC(F)F)cc1)NCCc1ccco1. The normalized spacial score (nSPS) is 12.8. The van der Waals surface area contributed by atoms with Gasteiger partial charge in [-0.2, -0.15) is 8.78 Å². The Kier molecular flexibility index (Phi) is 9.27. The third-order valence-corrected chi connectivity index (χ3v) is 3.98. The lowest BCUT2D eigenvalue weighted by Gasteiger charge is -2.14. The van der Waals surface area contributed by atoms with Crippen molar-refractivity contribution in [1.29, 1.82) is 0 Å². The predicted molar refractivity (Wildman–Crippen MR) is 104 cm³/mol. The predicted octanol–water partition coefficient (Wildman–Crippen LogP) is 3.49. The summed E-state index contributed by atoms with van der Waals surface area (Å²) in [4.78, 5) is 4.42. The lowest BCUT2D eigenvalue weighted by Crippen LogP contribution is -2.39. The van der Waals surface area contributed by atoms with Crippen LogP contribution in [-0.2, 0) is 6.42 Å². The van der Waals surface area contributed by atoms with E-state index in [1.54, 1.807) is 18.4 Å². The fourth-order valence-corrected chi connectivity index (χ4v) is 2.47. The number of guanidine groups is 1. The minimum absolute atomic E-state index is 0.0518. The van der Waals surface area contributed by atoms with Crippen molar-refractivity contribution in [2.75, 3.05) is 19.6 Å². The molecule has 0 amide bonds. The third-order valence-electron chi connectivity index (χ3n) is 3.98. The van der Waals surface area contributed by atoms with Crippen LogP contribution in [0.3, 0.4) is 0 Å². The van der Waals surface area contributed by atoms with Crippen molar-refractivity contribution in [3.8, 4) is 5.75 Å². The summed E-state index contributed by atoms with van der Waals surface area (Å²) in [5, 5.41) is 16.8. The molecule has 1 aromatic heterocycles. The number of halogens is 2. The first-order valence-electron chi connectivity index (χ1n) is 9.36. The van der Waals surface area contributed by atoms with Gasteiger partial charge in [0.1, 0.15) is 11.5 Å². The third kappa shape index (κ3) is 7.96. The lowest BCUT2D eigenvalue weighted by atomic mass is 10.1. The minimum Gasteiger partial charge on any atom is -0.469 e. The van der Waals surface area contributed by atoms with Crippen LogP contribution < -0.4 is 15.4 Å². The second-order valence-corrected chi connectivity index (χ2v) is 6.19. The van der Waals surface area contributed by atoms with E-state index in [4.69, 9.17) is 4.42 Å². The molecule has 0 aliphatic heterocycles. The van der Waals surface area contributed by atoms with Gasteiger partial charge in [0.2, 0.25) is 0 Å². The van der Waals surface area contributed by atoms with Gasteiger partial charge in [-0.25, -0.2) is 0 Å². The van der Waals surface area contributed by atoms with Gasteiger partial charge in [0.15, 0.2) is 5.96 Å². The van der Waals surface area contributed by atoms with E-state index in [0.717, 1.165) is 31.6 Å². The van der Waals surface area contributed by atoms with Crippen LogP contribution >= 0.6 is 0 Å². The summed E-state index contributed by atoms with van der Waals surface area (Å²) in [5.74, 6) is 1.54. The molecule has 0 saturated heterocycles. The topological polar surface area (TPSA) is 79.0 Å². The molecule has 3 N–H and O–H groups in total. The van der Waals surface area contributed by atoms with Gasteiger partial charge in [-0.05, 0) is 36.2 Å². The number of alkyl halides is 2. The summed E-state index contributed by atoms with van der Waals surface area (Å²) in [6, 6.07) is 9.65. The summed E-state index contributed by atoms with van der Waals surface area (Å²) in [6.45, 7) is 0.787. The number of nitrogens with one attached hydrogen (secondary N) is 2. The zero-order valence-corrected chi connectivity index (χ0v) is 15.9. The number of furan rings is 1. The number of aliphatic hydroxyl groups is 1. The Morgan fingerprint density at radius 1 is 1.18 bits per heavy atom. The molecule has 0 bridgehead atoms. The largest absolute Gasteiger partial charge is 0.469 e. The van der Waals surface area contributed by atoms with Crippen molar-refractivity contribution in [3.63, 3.8) is 0 Å². The van der Waals surface area contributed by atoms with E-state index in [9.17, 15) is 13.9 Å². The van der Waals surface area contributed by atoms with Gasteiger partial charge >= 0.3 is 6.61 Å². The quantitative estimate of drug-likeness (QED) is 0.308. The van der Waals surface area contributed by atoms with E-state index in [0.29, 0.717) is 18.1 Å². The average molecular weight is 395 g/mol. The fourth-order valence-electron chi connectivity index (χ4n) is 2.47. The summed E-state index contributed by atoms with van der Waals surface area (Å²) in [7, 11) is 0. The number of hydrogen-bond acceptors (Lipinski definition) is 4. The van der Waals surface area contributed by atoms with Gasteiger partial charge in [-0.1, -0.05) is 25.5 Å². The molecule has 1 aromatic carbocycles. The van der Waals surface area contributed by atoms with Crippen LogP contribution in [0.1, 0.15) is 37.2 Å². The standard InChI is InChI=1S/C20H27F2N3O3/c1-2-3-11-23-20(24-12-10-16-5-4-13-27-16)25-14-18(26)15-6-8-17(9-7-15)28-19(21)22/h4-9,13,18-19,26H,2-3,10-12,14H2,1H3,(H2,23,24,25). The van der Waals surface area contributed by atoms with Gasteiger partial charge in [-0.3, -0.25) is 4.99 Å². The molecule has 0 aliphatic carbocycles. The Bertz CT molecular complexity index is 691. The second kappa shape index (κ2) is 12.0. The molecule has 0 radical (unpaired) electrons. The van der Waals surface area contributed by atoms with Crippen LogP contribution in [0.5, 0.6) is 5.75 Å². The highest BCUT2D eigenvalue weighted by atomic mass is 19.3. The zero-order valence-electron chi connectivity index (χ0n) is 15.9. The molecule has 2 aromatic rings. The van der Waals surface area contributed by atoms with Gasteiger partial charge in [-0.15, -0.1) is 0 Å². The Morgan fingerprint density at radius 3 is 2.57 bits per heavy atom. The van der Waals surface area contributed by atoms with Crippen LogP contribution in [0, 0.1) is 0 Å². The number of rotatable bonds is 11. The number of ether oxygens (including phenoxy) is 1. The van der Waals surface area contributed by atoms with Crippen LogP contribution in [-0.4, -0.2) is 37.3 Å². The van der Waals surface area contributed by atoms with E-state index >= 15 is 0 Å². The maximum atomic E-state index is 12.2. The van der Waals surface area contributed by atoms with Crippen molar-refractivity contribution >= 4 is 5.96 Å². The van der Waals surface area contributed by atoms with E-state index < -0.39 is 12.7 Å². The van der Waals surface area contributed by atoms with Crippen LogP contribution in [0.15, 0.2) is 52.1 Å². The van der Waals surface area contributed by atoms with Crippen molar-refractivity contribution < 1.29 is 23.0 Å². The van der Waals surface area contributed by atoms with Gasteiger partial charge in [0.05, 0.1) is 18.9 Å². The Hall–Kier alpha value is -2.61. The van der Waals surface area contributed by atoms with E-state index in [-0.39, 0.29) is 12.3 Å². The average Bonchev–Trinajstić information content (AvgIpc) is 3.19. The molecule has 6 nitrogen and oxygen atoms in total. The number of aliphatic hydroxyl groups excluding tert-OH is 1. The molecular formula is C20H27F2N3O3. The number of benzene rings is 1. The first-order chi connectivity index (χ1) is 13.6. The zero-order chi connectivity index (χ0) is 20.2. The second-order valence-electron chi connectivity index (χ2n) is 6.19. The number of aliphatic imine (C=N–C) groups is 1. The Morgan fingerprint density at radius 2 is 1.93 bits per heavy atom. The monoisotopic (exact) mass is 395 g/mol. The first kappa shape index (κ1) is 21.7. The van der Waals surface area contributed by atoms with Crippen molar-refractivity contribution in [2.24, 2.45) is 4.99 Å². The molecule has 0 spiro atoms. The smallest absolute Gasteiger partial charge is 0.387 e. The van der Waals surface area contributed by atoms with Crippen LogP contribution in [0.2, 0.25) is 0 Å². The van der Waals surface area contributed by atoms with E-state index in [2.05, 4.69) is 27.3 Å². The highest BCUT2D eigenvalue weighted by Crippen LogP contribution is 2.19. The van der Waals surface area contributed by atoms with Crippen molar-refractivity contribution in [2.45, 2.75) is 38.9 Å². The highest BCUT2D eigenvalue weighted by Gasteiger charge is 2.10. The van der Waals surface area contributed by atoms with E-state index in [1.165, 1.54) is 12.1 Å². The van der Waals surface area contributed by atoms with Crippen molar-refractivity contribution in [3.05, 3.63) is 54.0 Å². The molecule has 154 valence electrons. The Labute approximate surface area is 163 Å². The maximum absolute atomic E-state index is 12.2. The number of nitrogens with zero attached hydrogens (tertiary/aromatic N) is 1. The molecule has 0 saturated carbocycles. The van der Waals surface area contributed by atoms with Gasteiger partial charge in [0, 0.05) is 19.5 Å². The number of hydrogen-bond donors (Lipinski definition) is 3.